The number of halogens is 1. The van der Waals surface area contributed by atoms with Crippen molar-refractivity contribution < 1.29 is 13.9 Å². The van der Waals surface area contributed by atoms with Crippen LogP contribution >= 0.6 is 23.1 Å². The fraction of sp³-hybridized carbons (Fsp3) is 0.435. The lowest BCUT2D eigenvalue weighted by molar-refractivity contribution is -0.118. The van der Waals surface area contributed by atoms with Crippen LogP contribution < -0.4 is 10.9 Å². The summed E-state index contributed by atoms with van der Waals surface area (Å²) in [7, 11) is 1.59. The number of thioether (sulfide) groups is 1. The Morgan fingerprint density at radius 1 is 1.34 bits per heavy atom. The molecule has 2 aromatic heterocycles. The molecule has 1 aliphatic carbocycles. The molecule has 0 atom stereocenters. The molecule has 0 spiro atoms. The van der Waals surface area contributed by atoms with E-state index >= 15 is 0 Å². The van der Waals surface area contributed by atoms with E-state index in [9.17, 15) is 14.0 Å². The average Bonchev–Trinajstić information content (AvgIpc) is 3.16. The Balaban J connectivity index is 1.51. The maximum absolute atomic E-state index is 13.7. The minimum absolute atomic E-state index is 0.0514. The van der Waals surface area contributed by atoms with Crippen molar-refractivity contribution in [3.05, 3.63) is 55.9 Å². The van der Waals surface area contributed by atoms with E-state index < -0.39 is 0 Å². The zero-order valence-electron chi connectivity index (χ0n) is 18.2. The van der Waals surface area contributed by atoms with Gasteiger partial charge in [-0.15, -0.1) is 11.3 Å². The lowest BCUT2D eigenvalue weighted by Crippen LogP contribution is -2.28. The van der Waals surface area contributed by atoms with Crippen LogP contribution in [-0.4, -0.2) is 34.9 Å². The second-order valence-electron chi connectivity index (χ2n) is 7.88. The second-order valence-corrected chi connectivity index (χ2v) is 9.91. The number of aryl methyl sites for hydroxylation is 3. The first kappa shape index (κ1) is 22.9. The Hall–Kier alpha value is -2.23. The number of nitrogens with zero attached hydrogens (tertiary/aromatic N) is 2. The standard InChI is InChI=1S/C23H26FN3O3S2/c1-14-7-8-15(11-17(14)24)12-25-19(28)13-31-23-26-21-20(22(29)27(23)9-10-30-2)16-5-3-4-6-18(16)32-21/h7-8,11H,3-6,9-10,12-13H2,1-2H3,(H,25,28). The molecular weight excluding hydrogens is 449 g/mol. The second kappa shape index (κ2) is 10.1. The van der Waals surface area contributed by atoms with E-state index in [-0.39, 0.29) is 29.6 Å². The van der Waals surface area contributed by atoms with Crippen molar-refractivity contribution in [1.29, 1.82) is 0 Å². The molecule has 0 saturated carbocycles. The van der Waals surface area contributed by atoms with E-state index in [1.54, 1.807) is 42.1 Å². The molecule has 1 aromatic carbocycles. The summed E-state index contributed by atoms with van der Waals surface area (Å²) in [6, 6.07) is 4.92. The van der Waals surface area contributed by atoms with Gasteiger partial charge in [0.2, 0.25) is 5.91 Å². The van der Waals surface area contributed by atoms with E-state index in [2.05, 4.69) is 5.32 Å². The van der Waals surface area contributed by atoms with Gasteiger partial charge in [-0.2, -0.15) is 0 Å². The van der Waals surface area contributed by atoms with E-state index in [1.807, 2.05) is 0 Å². The lowest BCUT2D eigenvalue weighted by atomic mass is 9.97. The number of rotatable bonds is 8. The zero-order chi connectivity index (χ0) is 22.7. The van der Waals surface area contributed by atoms with Gasteiger partial charge in [-0.1, -0.05) is 23.9 Å². The first-order valence-corrected chi connectivity index (χ1v) is 12.5. The van der Waals surface area contributed by atoms with Crippen LogP contribution in [0.15, 0.2) is 28.2 Å². The molecule has 0 fully saturated rings. The van der Waals surface area contributed by atoms with Crippen LogP contribution in [0.3, 0.4) is 0 Å². The minimum atomic E-state index is -0.288. The third-order valence-corrected chi connectivity index (χ3v) is 7.78. The molecule has 0 bridgehead atoms. The Kier molecular flexibility index (Phi) is 7.27. The highest BCUT2D eigenvalue weighted by Crippen LogP contribution is 2.34. The predicted molar refractivity (Wildman–Crippen MR) is 126 cm³/mol. The number of methoxy groups -OCH3 is 1. The minimum Gasteiger partial charge on any atom is -0.383 e. The number of nitrogens with one attached hydrogen (secondary N) is 1. The maximum Gasteiger partial charge on any atom is 0.263 e. The van der Waals surface area contributed by atoms with Crippen LogP contribution in [0.5, 0.6) is 0 Å². The van der Waals surface area contributed by atoms with Gasteiger partial charge in [0.05, 0.1) is 24.3 Å². The van der Waals surface area contributed by atoms with Gasteiger partial charge in [0.1, 0.15) is 10.6 Å². The van der Waals surface area contributed by atoms with Crippen molar-refractivity contribution in [3.8, 4) is 0 Å². The van der Waals surface area contributed by atoms with Crippen molar-refractivity contribution in [2.24, 2.45) is 0 Å². The van der Waals surface area contributed by atoms with Gasteiger partial charge in [-0.3, -0.25) is 14.2 Å². The molecule has 9 heteroatoms. The molecule has 0 radical (unpaired) electrons. The van der Waals surface area contributed by atoms with E-state index in [1.165, 1.54) is 22.7 Å². The van der Waals surface area contributed by atoms with E-state index in [0.717, 1.165) is 41.5 Å². The third kappa shape index (κ3) is 4.89. The molecule has 3 aromatic rings. The number of carbonyl (C=O) groups is 1. The molecule has 32 heavy (non-hydrogen) atoms. The monoisotopic (exact) mass is 475 g/mol. The molecule has 1 aliphatic rings. The highest BCUT2D eigenvalue weighted by Gasteiger charge is 2.22. The van der Waals surface area contributed by atoms with Gasteiger partial charge in [-0.25, -0.2) is 9.37 Å². The highest BCUT2D eigenvalue weighted by atomic mass is 32.2. The summed E-state index contributed by atoms with van der Waals surface area (Å²) >= 11 is 2.84. The van der Waals surface area contributed by atoms with Gasteiger partial charge < -0.3 is 10.1 Å². The van der Waals surface area contributed by atoms with Crippen LogP contribution in [0.4, 0.5) is 4.39 Å². The fourth-order valence-electron chi connectivity index (χ4n) is 3.84. The summed E-state index contributed by atoms with van der Waals surface area (Å²) in [5, 5.41) is 4.06. The molecule has 4 rings (SSSR count). The summed E-state index contributed by atoms with van der Waals surface area (Å²) in [6.07, 6.45) is 4.16. The first-order chi connectivity index (χ1) is 15.5. The number of benzene rings is 1. The fourth-order valence-corrected chi connectivity index (χ4v) is 6.00. The molecule has 0 unspecified atom stereocenters. The van der Waals surface area contributed by atoms with Crippen molar-refractivity contribution in [3.63, 3.8) is 0 Å². The number of ether oxygens (including phenoxy) is 1. The molecule has 1 amide bonds. The Bertz CT molecular complexity index is 1210. The number of hydrogen-bond acceptors (Lipinski definition) is 6. The average molecular weight is 476 g/mol. The van der Waals surface area contributed by atoms with Crippen LogP contribution in [0.1, 0.15) is 34.4 Å². The van der Waals surface area contributed by atoms with E-state index in [4.69, 9.17) is 9.72 Å². The van der Waals surface area contributed by atoms with Crippen LogP contribution in [0, 0.1) is 12.7 Å². The molecule has 170 valence electrons. The highest BCUT2D eigenvalue weighted by molar-refractivity contribution is 7.99. The molecule has 0 aliphatic heterocycles. The smallest absolute Gasteiger partial charge is 0.263 e. The number of hydrogen-bond donors (Lipinski definition) is 1. The quantitative estimate of drug-likeness (QED) is 0.396. The van der Waals surface area contributed by atoms with Crippen molar-refractivity contribution in [1.82, 2.24) is 14.9 Å². The van der Waals surface area contributed by atoms with Crippen LogP contribution in [0.2, 0.25) is 0 Å². The summed E-state index contributed by atoms with van der Waals surface area (Å²) in [5.74, 6) is -0.372. The van der Waals surface area contributed by atoms with Crippen molar-refractivity contribution in [2.75, 3.05) is 19.5 Å². The van der Waals surface area contributed by atoms with Gasteiger partial charge in [0.25, 0.3) is 5.56 Å². The summed E-state index contributed by atoms with van der Waals surface area (Å²) in [6.45, 7) is 2.72. The molecule has 2 heterocycles. The van der Waals surface area contributed by atoms with Crippen LogP contribution in [0.25, 0.3) is 10.2 Å². The molecule has 1 N–H and O–H groups in total. The summed E-state index contributed by atoms with van der Waals surface area (Å²) < 4.78 is 20.5. The Labute approximate surface area is 194 Å². The molecular formula is C23H26FN3O3S2. The number of carbonyl (C=O) groups excluding carboxylic acids is 1. The number of aromatic nitrogens is 2. The number of amides is 1. The topological polar surface area (TPSA) is 73.2 Å². The Morgan fingerprint density at radius 2 is 2.16 bits per heavy atom. The first-order valence-electron chi connectivity index (χ1n) is 10.7. The van der Waals surface area contributed by atoms with Gasteiger partial charge >= 0.3 is 0 Å². The largest absolute Gasteiger partial charge is 0.383 e. The van der Waals surface area contributed by atoms with Gasteiger partial charge in [0.15, 0.2) is 5.16 Å². The summed E-state index contributed by atoms with van der Waals surface area (Å²) in [4.78, 5) is 32.5. The van der Waals surface area contributed by atoms with Gasteiger partial charge in [0, 0.05) is 18.5 Å². The third-order valence-electron chi connectivity index (χ3n) is 5.62. The number of fused-ring (bicyclic) bond motifs is 3. The number of thiophene rings is 1. The predicted octanol–water partition coefficient (Wildman–Crippen LogP) is 3.84. The van der Waals surface area contributed by atoms with E-state index in [0.29, 0.717) is 29.4 Å². The van der Waals surface area contributed by atoms with Crippen LogP contribution in [-0.2, 0) is 35.5 Å². The zero-order valence-corrected chi connectivity index (χ0v) is 19.8. The Morgan fingerprint density at radius 3 is 2.94 bits per heavy atom. The lowest BCUT2D eigenvalue weighted by Gasteiger charge is -2.13. The maximum atomic E-state index is 13.7. The normalized spacial score (nSPS) is 13.3. The van der Waals surface area contributed by atoms with Crippen molar-refractivity contribution in [2.45, 2.75) is 50.9 Å². The SMILES string of the molecule is COCCn1c(SCC(=O)NCc2ccc(C)c(F)c2)nc2sc3c(c2c1=O)CCCC3. The van der Waals surface area contributed by atoms with Crippen molar-refractivity contribution >= 4 is 39.2 Å². The molecule has 0 saturated heterocycles. The molecule has 6 nitrogen and oxygen atoms in total. The van der Waals surface area contributed by atoms with Gasteiger partial charge in [-0.05, 0) is 55.4 Å². The summed E-state index contributed by atoms with van der Waals surface area (Å²) in [5.41, 5.74) is 2.37.